The Labute approximate surface area is 232 Å². The first-order valence-corrected chi connectivity index (χ1v) is 13.8. The number of benzene rings is 2. The van der Waals surface area contributed by atoms with Crippen LogP contribution in [0, 0.1) is 13.8 Å². The third kappa shape index (κ3) is 4.59. The number of aromatic nitrogens is 2. The van der Waals surface area contributed by atoms with E-state index in [4.69, 9.17) is 26.7 Å². The Balaban J connectivity index is 1.38. The number of nitrogens with zero attached hydrogens (tertiary/aromatic N) is 3. The monoisotopic (exact) mass is 559 g/mol. The molecule has 0 spiro atoms. The van der Waals surface area contributed by atoms with Gasteiger partial charge in [-0.3, -0.25) is 18.9 Å². The van der Waals surface area contributed by atoms with Crippen LogP contribution >= 0.6 is 35.7 Å². The molecule has 1 amide bonds. The van der Waals surface area contributed by atoms with Crippen molar-refractivity contribution in [2.75, 3.05) is 6.79 Å². The van der Waals surface area contributed by atoms with Gasteiger partial charge in [0.25, 0.3) is 11.5 Å². The van der Waals surface area contributed by atoms with Crippen LogP contribution in [0.3, 0.4) is 0 Å². The summed E-state index contributed by atoms with van der Waals surface area (Å²) in [6.45, 7) is 4.41. The molecule has 38 heavy (non-hydrogen) atoms. The van der Waals surface area contributed by atoms with E-state index in [1.54, 1.807) is 12.3 Å². The number of thioether (sulfide) groups is 1. The smallest absolute Gasteiger partial charge is 0.266 e. The number of rotatable bonds is 5. The average molecular weight is 560 g/mol. The Morgan fingerprint density at radius 2 is 1.87 bits per heavy atom. The largest absolute Gasteiger partial charge is 0.454 e. The van der Waals surface area contributed by atoms with Gasteiger partial charge in [-0.25, -0.2) is 4.98 Å². The van der Waals surface area contributed by atoms with Crippen molar-refractivity contribution in [3.63, 3.8) is 0 Å². The predicted molar refractivity (Wildman–Crippen MR) is 153 cm³/mol. The summed E-state index contributed by atoms with van der Waals surface area (Å²) < 4.78 is 12.8. The van der Waals surface area contributed by atoms with Crippen LogP contribution in [0.5, 0.6) is 11.5 Å². The Bertz CT molecular complexity index is 1710. The number of hydrogen-bond acceptors (Lipinski definition) is 8. The van der Waals surface area contributed by atoms with E-state index in [0.29, 0.717) is 37.0 Å². The van der Waals surface area contributed by atoms with Gasteiger partial charge in [-0.1, -0.05) is 65.6 Å². The second-order valence-corrected chi connectivity index (χ2v) is 11.6. The first-order valence-electron chi connectivity index (χ1n) is 11.8. The Hall–Kier alpha value is -3.60. The molecule has 6 rings (SSSR count). The molecule has 4 aromatic rings. The molecule has 10 heteroatoms. The van der Waals surface area contributed by atoms with Crippen LogP contribution < -0.4 is 15.0 Å². The molecule has 2 aromatic heterocycles. The van der Waals surface area contributed by atoms with E-state index < -0.39 is 0 Å². The Morgan fingerprint density at radius 1 is 1.08 bits per heavy atom. The molecule has 4 heterocycles. The number of aryl methyl sites for hydroxylation is 2. The fourth-order valence-corrected chi connectivity index (χ4v) is 6.32. The summed E-state index contributed by atoms with van der Waals surface area (Å²) in [7, 11) is 0. The van der Waals surface area contributed by atoms with Crippen molar-refractivity contribution in [1.82, 2.24) is 14.3 Å². The number of ether oxygens (including phenoxy) is 2. The number of carbonyl (C=O) groups excluding carboxylic acids is 1. The SMILES string of the molecule is Cc1ccc(Sc2nc3c(C)cccn3c(=O)c2/C=C2/SC(=S)N(Cc3ccc4c(c3)OCO4)C2=O)cc1. The maximum absolute atomic E-state index is 13.7. The van der Waals surface area contributed by atoms with Crippen LogP contribution in [-0.4, -0.2) is 31.3 Å². The molecule has 0 N–H and O–H groups in total. The molecule has 1 fully saturated rings. The molecular weight excluding hydrogens is 539 g/mol. The van der Waals surface area contributed by atoms with E-state index in [2.05, 4.69) is 0 Å². The first kappa shape index (κ1) is 24.7. The normalized spacial score (nSPS) is 15.7. The highest BCUT2D eigenvalue weighted by Crippen LogP contribution is 2.37. The molecule has 1 saturated heterocycles. The van der Waals surface area contributed by atoms with Gasteiger partial charge in [0.1, 0.15) is 15.0 Å². The van der Waals surface area contributed by atoms with Crippen LogP contribution in [0.4, 0.5) is 0 Å². The van der Waals surface area contributed by atoms with Crippen molar-refractivity contribution < 1.29 is 14.3 Å². The van der Waals surface area contributed by atoms with E-state index in [1.807, 2.05) is 68.4 Å². The van der Waals surface area contributed by atoms with Gasteiger partial charge in [0.15, 0.2) is 11.5 Å². The number of thiocarbonyl (C=S) groups is 1. The minimum atomic E-state index is -0.252. The van der Waals surface area contributed by atoms with E-state index in [-0.39, 0.29) is 24.8 Å². The second kappa shape index (κ2) is 9.94. The van der Waals surface area contributed by atoms with Gasteiger partial charge in [0.2, 0.25) is 6.79 Å². The first-order chi connectivity index (χ1) is 18.4. The molecule has 0 aliphatic carbocycles. The van der Waals surface area contributed by atoms with Crippen LogP contribution in [0.15, 0.2) is 80.4 Å². The van der Waals surface area contributed by atoms with Crippen molar-refractivity contribution in [2.24, 2.45) is 0 Å². The summed E-state index contributed by atoms with van der Waals surface area (Å²) >= 11 is 8.14. The standard InChI is InChI=1S/C28H21N3O4S3/c1-16-5-8-19(9-6-16)37-25-20(26(32)30-11-3-4-17(2)24(30)29-25)13-23-27(33)31(28(36)38-23)14-18-7-10-21-22(12-18)35-15-34-21/h3-13H,14-15H2,1-2H3/b23-13+. The summed E-state index contributed by atoms with van der Waals surface area (Å²) in [5.41, 5.74) is 3.58. The molecule has 0 unspecified atom stereocenters. The van der Waals surface area contributed by atoms with Gasteiger partial charge in [-0.15, -0.1) is 0 Å². The quantitative estimate of drug-likeness (QED) is 0.178. The zero-order chi connectivity index (χ0) is 26.4. The van der Waals surface area contributed by atoms with Crippen LogP contribution in [0.2, 0.25) is 0 Å². The van der Waals surface area contributed by atoms with Crippen molar-refractivity contribution in [3.8, 4) is 11.5 Å². The highest BCUT2D eigenvalue weighted by atomic mass is 32.2. The van der Waals surface area contributed by atoms with Gasteiger partial charge in [0, 0.05) is 11.1 Å². The number of amides is 1. The Morgan fingerprint density at radius 3 is 2.68 bits per heavy atom. The van der Waals surface area contributed by atoms with Crippen LogP contribution in [-0.2, 0) is 11.3 Å². The summed E-state index contributed by atoms with van der Waals surface area (Å²) in [4.78, 5) is 34.8. The topological polar surface area (TPSA) is 73.1 Å². The molecule has 7 nitrogen and oxygen atoms in total. The number of pyridine rings is 1. The highest BCUT2D eigenvalue weighted by Gasteiger charge is 2.33. The van der Waals surface area contributed by atoms with Gasteiger partial charge in [0.05, 0.1) is 17.0 Å². The molecule has 2 aliphatic heterocycles. The fraction of sp³-hybridized carbons (Fsp3) is 0.143. The average Bonchev–Trinajstić information content (AvgIpc) is 3.48. The highest BCUT2D eigenvalue weighted by molar-refractivity contribution is 8.26. The zero-order valence-electron chi connectivity index (χ0n) is 20.5. The molecular formula is C28H21N3O4S3. The van der Waals surface area contributed by atoms with Gasteiger partial charge >= 0.3 is 0 Å². The number of fused-ring (bicyclic) bond motifs is 2. The molecule has 0 atom stereocenters. The molecule has 2 aromatic carbocycles. The molecule has 0 saturated carbocycles. The maximum Gasteiger partial charge on any atom is 0.266 e. The summed E-state index contributed by atoms with van der Waals surface area (Å²) in [6.07, 6.45) is 3.32. The van der Waals surface area contributed by atoms with E-state index in [0.717, 1.165) is 21.6 Å². The molecule has 190 valence electrons. The van der Waals surface area contributed by atoms with Gasteiger partial charge in [-0.05, 0) is 61.4 Å². The lowest BCUT2D eigenvalue weighted by molar-refractivity contribution is -0.122. The third-order valence-corrected chi connectivity index (χ3v) is 8.60. The molecule has 0 radical (unpaired) electrons. The lowest BCUT2D eigenvalue weighted by Crippen LogP contribution is -2.27. The van der Waals surface area contributed by atoms with Gasteiger partial charge in [-0.2, -0.15) is 0 Å². The van der Waals surface area contributed by atoms with Crippen molar-refractivity contribution in [3.05, 3.63) is 98.3 Å². The number of hydrogen-bond donors (Lipinski definition) is 0. The fourth-order valence-electron chi connectivity index (χ4n) is 4.20. The van der Waals surface area contributed by atoms with Gasteiger partial charge < -0.3 is 9.47 Å². The van der Waals surface area contributed by atoms with Crippen LogP contribution in [0.25, 0.3) is 11.7 Å². The van der Waals surface area contributed by atoms with Crippen molar-refractivity contribution in [2.45, 2.75) is 30.3 Å². The predicted octanol–water partition coefficient (Wildman–Crippen LogP) is 5.59. The second-order valence-electron chi connectivity index (χ2n) is 8.89. The zero-order valence-corrected chi connectivity index (χ0v) is 22.9. The molecule has 2 aliphatic rings. The third-order valence-electron chi connectivity index (χ3n) is 6.21. The van der Waals surface area contributed by atoms with E-state index in [1.165, 1.54) is 32.8 Å². The van der Waals surface area contributed by atoms with E-state index >= 15 is 0 Å². The summed E-state index contributed by atoms with van der Waals surface area (Å²) in [5, 5.41) is 0.536. The van der Waals surface area contributed by atoms with Crippen molar-refractivity contribution >= 4 is 57.7 Å². The van der Waals surface area contributed by atoms with E-state index in [9.17, 15) is 9.59 Å². The lowest BCUT2D eigenvalue weighted by atomic mass is 10.2. The lowest BCUT2D eigenvalue weighted by Gasteiger charge is -2.14. The minimum absolute atomic E-state index is 0.181. The number of carbonyl (C=O) groups is 1. The van der Waals surface area contributed by atoms with Crippen LogP contribution in [0.1, 0.15) is 22.3 Å². The minimum Gasteiger partial charge on any atom is -0.454 e. The van der Waals surface area contributed by atoms with Crippen molar-refractivity contribution in [1.29, 1.82) is 0 Å². The molecule has 0 bridgehead atoms. The summed E-state index contributed by atoms with van der Waals surface area (Å²) in [6, 6.07) is 17.3. The maximum atomic E-state index is 13.7. The Kier molecular flexibility index (Phi) is 6.46. The summed E-state index contributed by atoms with van der Waals surface area (Å²) in [5.74, 6) is 1.07.